The highest BCUT2D eigenvalue weighted by molar-refractivity contribution is 6.01. The molecule has 0 saturated carbocycles. The van der Waals surface area contributed by atoms with Crippen molar-refractivity contribution in [3.8, 4) is 5.75 Å². The predicted octanol–water partition coefficient (Wildman–Crippen LogP) is 3.04. The molecule has 0 saturated heterocycles. The Morgan fingerprint density at radius 1 is 1.19 bits per heavy atom. The molecule has 6 nitrogen and oxygen atoms in total. The van der Waals surface area contributed by atoms with Crippen LogP contribution in [-0.2, 0) is 4.79 Å². The van der Waals surface area contributed by atoms with Crippen LogP contribution in [0, 0.1) is 0 Å². The molecule has 2 aromatic carbocycles. The Labute approximate surface area is 159 Å². The van der Waals surface area contributed by atoms with Crippen LogP contribution in [0.5, 0.6) is 5.75 Å². The molecule has 2 rings (SSSR count). The minimum Gasteiger partial charge on any atom is -0.491 e. The zero-order valence-electron chi connectivity index (χ0n) is 15.2. The highest BCUT2D eigenvalue weighted by Gasteiger charge is 2.12. The molecule has 6 heteroatoms. The van der Waals surface area contributed by atoms with Gasteiger partial charge in [0, 0.05) is 5.56 Å². The number of aliphatic hydroxyl groups excluding tert-OH is 2. The standard InChI is InChI=1S/C21H26N2O4/c22-17-9-5-6-10-18(17)23-21(26)13-3-1-2-11-19(25)16-8-4-7-12-20(16)27-15-14-24/h3-10,12-13,19,24-25H,1-2,11,14-15,22H2,(H,23,26)/b13-3+/t19-/m0/s1. The number of nitrogens with one attached hydrogen (secondary N) is 1. The molecule has 0 radical (unpaired) electrons. The molecule has 5 N–H and O–H groups in total. The second-order valence-corrected chi connectivity index (χ2v) is 6.04. The van der Waals surface area contributed by atoms with Gasteiger partial charge in [0.05, 0.1) is 24.1 Å². The highest BCUT2D eigenvalue weighted by atomic mass is 16.5. The lowest BCUT2D eigenvalue weighted by Crippen LogP contribution is -2.09. The summed E-state index contributed by atoms with van der Waals surface area (Å²) in [5, 5.41) is 22.0. The van der Waals surface area contributed by atoms with Gasteiger partial charge in [-0.15, -0.1) is 0 Å². The maximum absolute atomic E-state index is 11.9. The van der Waals surface area contributed by atoms with E-state index < -0.39 is 6.10 Å². The summed E-state index contributed by atoms with van der Waals surface area (Å²) in [6.45, 7) is 0.111. The zero-order valence-corrected chi connectivity index (χ0v) is 15.2. The van der Waals surface area contributed by atoms with Gasteiger partial charge in [-0.3, -0.25) is 4.79 Å². The lowest BCUT2D eigenvalue weighted by atomic mass is 10.0. The van der Waals surface area contributed by atoms with Gasteiger partial charge in [0.25, 0.3) is 0 Å². The number of ether oxygens (including phenoxy) is 1. The number of carbonyl (C=O) groups excluding carboxylic acids is 1. The first-order chi connectivity index (χ1) is 13.1. The average Bonchev–Trinajstić information content (AvgIpc) is 2.68. The summed E-state index contributed by atoms with van der Waals surface area (Å²) in [6.07, 6.45) is 4.50. The van der Waals surface area contributed by atoms with Gasteiger partial charge in [-0.05, 0) is 43.5 Å². The number of rotatable bonds is 10. The van der Waals surface area contributed by atoms with E-state index in [0.717, 1.165) is 0 Å². The van der Waals surface area contributed by atoms with Crippen molar-refractivity contribution in [1.82, 2.24) is 0 Å². The van der Waals surface area contributed by atoms with Crippen molar-refractivity contribution in [1.29, 1.82) is 0 Å². The minimum absolute atomic E-state index is 0.0775. The van der Waals surface area contributed by atoms with Gasteiger partial charge >= 0.3 is 0 Å². The summed E-state index contributed by atoms with van der Waals surface area (Å²) in [4.78, 5) is 11.9. The molecule has 2 aromatic rings. The van der Waals surface area contributed by atoms with Gasteiger partial charge < -0.3 is 26.0 Å². The number of anilines is 2. The third kappa shape index (κ3) is 6.77. The van der Waals surface area contributed by atoms with Crippen LogP contribution in [0.15, 0.2) is 60.7 Å². The van der Waals surface area contributed by atoms with E-state index in [1.54, 1.807) is 36.4 Å². The van der Waals surface area contributed by atoms with Crippen LogP contribution >= 0.6 is 0 Å². The van der Waals surface area contributed by atoms with Gasteiger partial charge in [0.2, 0.25) is 5.91 Å². The first-order valence-electron chi connectivity index (χ1n) is 8.94. The Bertz CT molecular complexity index is 761. The van der Waals surface area contributed by atoms with E-state index in [9.17, 15) is 9.90 Å². The van der Waals surface area contributed by atoms with Gasteiger partial charge in [0.1, 0.15) is 12.4 Å². The SMILES string of the molecule is Nc1ccccc1NC(=O)/C=C/CCC[C@H](O)c1ccccc1OCCO. The Balaban J connectivity index is 1.77. The van der Waals surface area contributed by atoms with Crippen molar-refractivity contribution in [3.63, 3.8) is 0 Å². The quantitative estimate of drug-likeness (QED) is 0.292. The molecule has 0 aliphatic heterocycles. The van der Waals surface area contributed by atoms with Crippen LogP contribution in [0.3, 0.4) is 0 Å². The van der Waals surface area contributed by atoms with Crippen LogP contribution in [0.4, 0.5) is 11.4 Å². The highest BCUT2D eigenvalue weighted by Crippen LogP contribution is 2.28. The summed E-state index contributed by atoms with van der Waals surface area (Å²) < 4.78 is 5.45. The summed E-state index contributed by atoms with van der Waals surface area (Å²) in [5.41, 5.74) is 7.59. The van der Waals surface area contributed by atoms with Crippen molar-refractivity contribution in [2.75, 3.05) is 24.3 Å². The van der Waals surface area contributed by atoms with Crippen molar-refractivity contribution < 1.29 is 19.7 Å². The largest absolute Gasteiger partial charge is 0.491 e. The summed E-state index contributed by atoms with van der Waals surface area (Å²) in [7, 11) is 0. The molecule has 1 atom stereocenters. The molecule has 27 heavy (non-hydrogen) atoms. The molecule has 0 fully saturated rings. The monoisotopic (exact) mass is 370 g/mol. The minimum atomic E-state index is -0.661. The Kier molecular flexibility index (Phi) is 8.35. The summed E-state index contributed by atoms with van der Waals surface area (Å²) >= 11 is 0. The van der Waals surface area contributed by atoms with Gasteiger partial charge in [-0.1, -0.05) is 36.4 Å². The second kappa shape index (κ2) is 11.0. The van der Waals surface area contributed by atoms with Crippen molar-refractivity contribution in [3.05, 3.63) is 66.2 Å². The molecular weight excluding hydrogens is 344 g/mol. The normalized spacial score (nSPS) is 12.1. The van der Waals surface area contributed by atoms with E-state index >= 15 is 0 Å². The first kappa shape index (κ1) is 20.5. The molecule has 0 heterocycles. The maximum Gasteiger partial charge on any atom is 0.248 e. The third-order valence-corrected chi connectivity index (χ3v) is 3.96. The number of unbranched alkanes of at least 4 members (excludes halogenated alkanes) is 1. The summed E-state index contributed by atoms with van der Waals surface area (Å²) in [6, 6.07) is 14.3. The van der Waals surface area contributed by atoms with Crippen LogP contribution < -0.4 is 15.8 Å². The first-order valence-corrected chi connectivity index (χ1v) is 8.94. The number of amides is 1. The number of para-hydroxylation sites is 3. The van der Waals surface area contributed by atoms with Gasteiger partial charge in [-0.25, -0.2) is 0 Å². The van der Waals surface area contributed by atoms with Crippen LogP contribution in [0.2, 0.25) is 0 Å². The van der Waals surface area contributed by atoms with Crippen molar-refractivity contribution in [2.45, 2.75) is 25.4 Å². The van der Waals surface area contributed by atoms with Crippen LogP contribution in [-0.4, -0.2) is 29.3 Å². The van der Waals surface area contributed by atoms with E-state index in [-0.39, 0.29) is 19.1 Å². The third-order valence-electron chi connectivity index (χ3n) is 3.96. The molecule has 0 aliphatic carbocycles. The van der Waals surface area contributed by atoms with Gasteiger partial charge in [-0.2, -0.15) is 0 Å². The smallest absolute Gasteiger partial charge is 0.248 e. The lowest BCUT2D eigenvalue weighted by Gasteiger charge is -2.15. The summed E-state index contributed by atoms with van der Waals surface area (Å²) in [5.74, 6) is 0.339. The number of nitrogen functional groups attached to an aromatic ring is 1. The lowest BCUT2D eigenvalue weighted by molar-refractivity contribution is -0.111. The van der Waals surface area contributed by atoms with Crippen LogP contribution in [0.1, 0.15) is 30.9 Å². The number of nitrogens with two attached hydrogens (primary N) is 1. The van der Waals surface area contributed by atoms with E-state index in [2.05, 4.69) is 5.32 Å². The number of allylic oxidation sites excluding steroid dienone is 1. The topological polar surface area (TPSA) is 105 Å². The van der Waals surface area contributed by atoms with Gasteiger partial charge in [0.15, 0.2) is 0 Å². The average molecular weight is 370 g/mol. The maximum atomic E-state index is 11.9. The fraction of sp³-hybridized carbons (Fsp3) is 0.286. The molecule has 0 spiro atoms. The number of hydrogen-bond donors (Lipinski definition) is 4. The number of benzene rings is 2. The Morgan fingerprint density at radius 2 is 1.93 bits per heavy atom. The number of aliphatic hydroxyl groups is 2. The molecule has 144 valence electrons. The molecule has 1 amide bonds. The number of carbonyl (C=O) groups is 1. The predicted molar refractivity (Wildman–Crippen MR) is 106 cm³/mol. The van der Waals surface area contributed by atoms with Crippen molar-refractivity contribution >= 4 is 17.3 Å². The van der Waals surface area contributed by atoms with Crippen molar-refractivity contribution in [2.24, 2.45) is 0 Å². The molecule has 0 bridgehead atoms. The van der Waals surface area contributed by atoms with E-state index in [4.69, 9.17) is 15.6 Å². The molecule has 0 unspecified atom stereocenters. The fourth-order valence-corrected chi connectivity index (χ4v) is 2.60. The van der Waals surface area contributed by atoms with E-state index in [0.29, 0.717) is 42.0 Å². The number of hydrogen-bond acceptors (Lipinski definition) is 5. The zero-order chi connectivity index (χ0) is 19.5. The second-order valence-electron chi connectivity index (χ2n) is 6.04. The molecule has 0 aromatic heterocycles. The van der Waals surface area contributed by atoms with E-state index in [1.807, 2.05) is 18.2 Å². The van der Waals surface area contributed by atoms with Crippen LogP contribution in [0.25, 0.3) is 0 Å². The fourth-order valence-electron chi connectivity index (χ4n) is 2.60. The molecular formula is C21H26N2O4. The molecule has 0 aliphatic rings. The Morgan fingerprint density at radius 3 is 2.70 bits per heavy atom. The van der Waals surface area contributed by atoms with E-state index in [1.165, 1.54) is 6.08 Å². The Hall–Kier alpha value is -2.83.